The molecule has 0 spiro atoms. The van der Waals surface area contributed by atoms with E-state index >= 15 is 0 Å². The molecule has 4 rings (SSSR count). The maximum Gasteiger partial charge on any atom is 0.323 e. The Morgan fingerprint density at radius 3 is 2.52 bits per heavy atom. The summed E-state index contributed by atoms with van der Waals surface area (Å²) < 4.78 is 1.75. The quantitative estimate of drug-likeness (QED) is 0.616. The van der Waals surface area contributed by atoms with E-state index in [1.807, 2.05) is 44.2 Å². The molecule has 2 aromatic heterocycles. The van der Waals surface area contributed by atoms with Crippen LogP contribution in [0.1, 0.15) is 11.1 Å². The monoisotopic (exact) mass is 305 g/mol. The highest BCUT2D eigenvalue weighted by Crippen LogP contribution is 2.31. The largest absolute Gasteiger partial charge is 0.480 e. The van der Waals surface area contributed by atoms with Crippen molar-refractivity contribution < 1.29 is 9.90 Å². The molecule has 5 nitrogen and oxygen atoms in total. The summed E-state index contributed by atoms with van der Waals surface area (Å²) in [5.74, 6) is -0.890. The van der Waals surface area contributed by atoms with Crippen LogP contribution in [0.4, 0.5) is 0 Å². The normalized spacial score (nSPS) is 11.6. The van der Waals surface area contributed by atoms with Crippen molar-refractivity contribution in [1.29, 1.82) is 0 Å². The highest BCUT2D eigenvalue weighted by Gasteiger charge is 2.18. The van der Waals surface area contributed by atoms with Crippen molar-refractivity contribution in [1.82, 2.24) is 14.5 Å². The van der Waals surface area contributed by atoms with Gasteiger partial charge in [-0.1, -0.05) is 23.8 Å². The average Bonchev–Trinajstić information content (AvgIpc) is 2.78. The second-order valence-corrected chi connectivity index (χ2v) is 5.84. The Labute approximate surface area is 132 Å². The molecule has 0 unspecified atom stereocenters. The second kappa shape index (κ2) is 4.78. The number of fused-ring (bicyclic) bond motifs is 4. The third-order valence-corrected chi connectivity index (χ3v) is 4.07. The SMILES string of the molecule is Cc1cc(C)c2c(c1)c1nc3ccccc3nc1n2CC(=O)O. The van der Waals surface area contributed by atoms with Crippen LogP contribution in [0.3, 0.4) is 0 Å². The predicted octanol–water partition coefficient (Wildman–Crippen LogP) is 3.44. The molecule has 0 amide bonds. The standard InChI is InChI=1S/C18H15N3O2/c1-10-7-11(2)17-12(8-10)16-18(21(17)9-15(22)23)20-14-6-4-3-5-13(14)19-16/h3-8H,9H2,1-2H3,(H,22,23). The first-order chi connectivity index (χ1) is 11.0. The molecule has 5 heteroatoms. The lowest BCUT2D eigenvalue weighted by molar-refractivity contribution is -0.137. The third kappa shape index (κ3) is 2.04. The van der Waals surface area contributed by atoms with Gasteiger partial charge in [0, 0.05) is 5.39 Å². The molecule has 0 bridgehead atoms. The van der Waals surface area contributed by atoms with Crippen LogP contribution < -0.4 is 0 Å². The number of carboxylic acids is 1. The van der Waals surface area contributed by atoms with Crippen molar-refractivity contribution >= 4 is 39.1 Å². The van der Waals surface area contributed by atoms with Crippen molar-refractivity contribution in [2.45, 2.75) is 20.4 Å². The molecule has 0 atom stereocenters. The maximum absolute atomic E-state index is 11.3. The number of carboxylic acid groups (broad SMARTS) is 1. The minimum atomic E-state index is -0.890. The summed E-state index contributed by atoms with van der Waals surface area (Å²) in [5, 5.41) is 10.2. The van der Waals surface area contributed by atoms with E-state index in [-0.39, 0.29) is 6.54 Å². The number of benzene rings is 2. The molecule has 1 N–H and O–H groups in total. The molecule has 0 aliphatic heterocycles. The molecule has 23 heavy (non-hydrogen) atoms. The molecular weight excluding hydrogens is 290 g/mol. The highest BCUT2D eigenvalue weighted by atomic mass is 16.4. The molecule has 0 aliphatic rings. The van der Waals surface area contributed by atoms with Gasteiger partial charge >= 0.3 is 5.97 Å². The van der Waals surface area contributed by atoms with E-state index in [1.165, 1.54) is 0 Å². The number of aryl methyl sites for hydroxylation is 2. The lowest BCUT2D eigenvalue weighted by Gasteiger charge is -2.06. The highest BCUT2D eigenvalue weighted by molar-refractivity contribution is 6.08. The van der Waals surface area contributed by atoms with Gasteiger partial charge in [0.25, 0.3) is 0 Å². The van der Waals surface area contributed by atoms with E-state index in [0.29, 0.717) is 5.65 Å². The van der Waals surface area contributed by atoms with E-state index in [1.54, 1.807) is 4.57 Å². The lowest BCUT2D eigenvalue weighted by Crippen LogP contribution is -2.09. The number of aromatic nitrogens is 3. The summed E-state index contributed by atoms with van der Waals surface area (Å²) in [6, 6.07) is 11.7. The van der Waals surface area contributed by atoms with Crippen LogP contribution in [-0.2, 0) is 11.3 Å². The molecule has 114 valence electrons. The number of nitrogens with zero attached hydrogens (tertiary/aromatic N) is 3. The summed E-state index contributed by atoms with van der Waals surface area (Å²) in [6.07, 6.45) is 0. The zero-order valence-corrected chi connectivity index (χ0v) is 12.9. The Morgan fingerprint density at radius 2 is 1.83 bits per heavy atom. The fraction of sp³-hybridized carbons (Fsp3) is 0.167. The van der Waals surface area contributed by atoms with E-state index in [4.69, 9.17) is 4.98 Å². The Hall–Kier alpha value is -2.95. The van der Waals surface area contributed by atoms with Gasteiger partial charge in [-0.25, -0.2) is 9.97 Å². The average molecular weight is 305 g/mol. The number of carbonyl (C=O) groups is 1. The topological polar surface area (TPSA) is 68.0 Å². The molecule has 0 radical (unpaired) electrons. The van der Waals surface area contributed by atoms with Crippen LogP contribution in [-0.4, -0.2) is 25.6 Å². The van der Waals surface area contributed by atoms with Crippen molar-refractivity contribution in [2.24, 2.45) is 0 Å². The zero-order valence-electron chi connectivity index (χ0n) is 12.9. The zero-order chi connectivity index (χ0) is 16.1. The van der Waals surface area contributed by atoms with Gasteiger partial charge in [0.2, 0.25) is 0 Å². The molecule has 2 heterocycles. The summed E-state index contributed by atoms with van der Waals surface area (Å²) in [7, 11) is 0. The first kappa shape index (κ1) is 13.7. The molecule has 0 saturated heterocycles. The van der Waals surface area contributed by atoms with Gasteiger partial charge in [-0.2, -0.15) is 0 Å². The van der Waals surface area contributed by atoms with Gasteiger partial charge < -0.3 is 9.67 Å². The first-order valence-electron chi connectivity index (χ1n) is 7.42. The van der Waals surface area contributed by atoms with E-state index < -0.39 is 5.97 Å². The van der Waals surface area contributed by atoms with Gasteiger partial charge in [0.05, 0.1) is 16.6 Å². The summed E-state index contributed by atoms with van der Waals surface area (Å²) in [5.41, 5.74) is 6.01. The van der Waals surface area contributed by atoms with Crippen LogP contribution in [0.5, 0.6) is 0 Å². The van der Waals surface area contributed by atoms with Crippen molar-refractivity contribution in [3.05, 3.63) is 47.5 Å². The number of hydrogen-bond acceptors (Lipinski definition) is 3. The first-order valence-corrected chi connectivity index (χ1v) is 7.42. The number of para-hydroxylation sites is 2. The van der Waals surface area contributed by atoms with E-state index in [9.17, 15) is 9.90 Å². The third-order valence-electron chi connectivity index (χ3n) is 4.07. The maximum atomic E-state index is 11.3. The smallest absolute Gasteiger partial charge is 0.323 e. The number of hydrogen-bond donors (Lipinski definition) is 1. The number of aliphatic carboxylic acids is 1. The Bertz CT molecular complexity index is 1100. The summed E-state index contributed by atoms with van der Waals surface area (Å²) in [4.78, 5) is 20.7. The summed E-state index contributed by atoms with van der Waals surface area (Å²) in [6.45, 7) is 3.89. The molecule has 2 aromatic carbocycles. The van der Waals surface area contributed by atoms with Gasteiger partial charge in [0.15, 0.2) is 5.65 Å². The minimum Gasteiger partial charge on any atom is -0.480 e. The second-order valence-electron chi connectivity index (χ2n) is 5.84. The number of rotatable bonds is 2. The fourth-order valence-corrected chi connectivity index (χ4v) is 3.25. The van der Waals surface area contributed by atoms with Gasteiger partial charge in [-0.05, 0) is 37.6 Å². The van der Waals surface area contributed by atoms with Crippen LogP contribution in [0.2, 0.25) is 0 Å². The van der Waals surface area contributed by atoms with Crippen molar-refractivity contribution in [2.75, 3.05) is 0 Å². The Kier molecular flexibility index (Phi) is 2.84. The van der Waals surface area contributed by atoms with Crippen molar-refractivity contribution in [3.63, 3.8) is 0 Å². The van der Waals surface area contributed by atoms with Crippen molar-refractivity contribution in [3.8, 4) is 0 Å². The van der Waals surface area contributed by atoms with Gasteiger partial charge in [0.1, 0.15) is 12.1 Å². The van der Waals surface area contributed by atoms with Crippen LogP contribution >= 0.6 is 0 Å². The molecule has 4 aromatic rings. The van der Waals surface area contributed by atoms with Crippen LogP contribution in [0.15, 0.2) is 36.4 Å². The summed E-state index contributed by atoms with van der Waals surface area (Å²) >= 11 is 0. The van der Waals surface area contributed by atoms with Crippen LogP contribution in [0, 0.1) is 13.8 Å². The molecule has 0 fully saturated rings. The predicted molar refractivity (Wildman–Crippen MR) is 89.6 cm³/mol. The minimum absolute atomic E-state index is 0.128. The van der Waals surface area contributed by atoms with Gasteiger partial charge in [-0.3, -0.25) is 4.79 Å². The lowest BCUT2D eigenvalue weighted by atomic mass is 10.1. The Morgan fingerprint density at radius 1 is 1.13 bits per heavy atom. The molecule has 0 aliphatic carbocycles. The fourth-order valence-electron chi connectivity index (χ4n) is 3.25. The molecule has 0 saturated carbocycles. The van der Waals surface area contributed by atoms with Gasteiger partial charge in [-0.15, -0.1) is 0 Å². The van der Waals surface area contributed by atoms with Crippen LogP contribution in [0.25, 0.3) is 33.1 Å². The van der Waals surface area contributed by atoms with E-state index in [0.717, 1.165) is 38.6 Å². The van der Waals surface area contributed by atoms with E-state index in [2.05, 4.69) is 11.1 Å². The Balaban J connectivity index is 2.24. The molecular formula is C18H15N3O2.